The largest absolute Gasteiger partial charge is 0.292 e. The van der Waals surface area contributed by atoms with Gasteiger partial charge in [-0.05, 0) is 30.7 Å². The van der Waals surface area contributed by atoms with Crippen molar-refractivity contribution in [2.24, 2.45) is 0 Å². The standard InChI is InChI=1S/C30H24N2/c1-23-17-20-27(21-18-23)32-28(22-19-24-11-5-2-6-12-24)31-29(25-13-7-3-8-14-25)30(32)26-15-9-4-10-16-26/h2-22H,1H3/b22-19+. The van der Waals surface area contributed by atoms with E-state index in [1.165, 1.54) is 5.56 Å². The fourth-order valence-corrected chi connectivity index (χ4v) is 3.90. The van der Waals surface area contributed by atoms with E-state index in [0.717, 1.165) is 39.6 Å². The Labute approximate surface area is 189 Å². The third-order valence-corrected chi connectivity index (χ3v) is 5.51. The molecule has 2 nitrogen and oxygen atoms in total. The molecule has 0 saturated carbocycles. The fourth-order valence-electron chi connectivity index (χ4n) is 3.90. The maximum absolute atomic E-state index is 5.15. The summed E-state index contributed by atoms with van der Waals surface area (Å²) in [5.41, 5.74) is 7.79. The third-order valence-electron chi connectivity index (χ3n) is 5.51. The number of aryl methyl sites for hydroxylation is 1. The fraction of sp³-hybridized carbons (Fsp3) is 0.0333. The van der Waals surface area contributed by atoms with E-state index in [9.17, 15) is 0 Å². The van der Waals surface area contributed by atoms with Crippen molar-refractivity contribution < 1.29 is 0 Å². The van der Waals surface area contributed by atoms with Crippen molar-refractivity contribution in [3.05, 3.63) is 132 Å². The van der Waals surface area contributed by atoms with Gasteiger partial charge in [0.1, 0.15) is 5.82 Å². The molecular weight excluding hydrogens is 388 g/mol. The molecule has 5 aromatic rings. The maximum atomic E-state index is 5.15. The van der Waals surface area contributed by atoms with E-state index >= 15 is 0 Å². The van der Waals surface area contributed by atoms with Crippen LogP contribution < -0.4 is 0 Å². The number of nitrogens with zero attached hydrogens (tertiary/aromatic N) is 2. The van der Waals surface area contributed by atoms with Gasteiger partial charge in [-0.2, -0.15) is 0 Å². The maximum Gasteiger partial charge on any atom is 0.138 e. The molecule has 0 spiro atoms. The Kier molecular flexibility index (Phi) is 5.50. The quantitative estimate of drug-likeness (QED) is 0.289. The first-order chi connectivity index (χ1) is 15.8. The van der Waals surface area contributed by atoms with Crippen LogP contribution in [0.1, 0.15) is 17.0 Å². The van der Waals surface area contributed by atoms with Crippen molar-refractivity contribution >= 4 is 12.2 Å². The van der Waals surface area contributed by atoms with Crippen molar-refractivity contribution in [2.75, 3.05) is 0 Å². The molecule has 1 heterocycles. The number of benzene rings is 4. The zero-order valence-electron chi connectivity index (χ0n) is 18.0. The molecule has 154 valence electrons. The van der Waals surface area contributed by atoms with E-state index < -0.39 is 0 Å². The molecule has 0 bridgehead atoms. The molecular formula is C30H24N2. The van der Waals surface area contributed by atoms with Gasteiger partial charge in [-0.1, -0.05) is 115 Å². The smallest absolute Gasteiger partial charge is 0.138 e. The highest BCUT2D eigenvalue weighted by molar-refractivity contribution is 5.83. The monoisotopic (exact) mass is 412 g/mol. The Morgan fingerprint density at radius 3 is 1.78 bits per heavy atom. The lowest BCUT2D eigenvalue weighted by Crippen LogP contribution is -2.00. The average Bonchev–Trinajstić information content (AvgIpc) is 3.24. The van der Waals surface area contributed by atoms with E-state index in [2.05, 4.69) is 127 Å². The summed E-state index contributed by atoms with van der Waals surface area (Å²) in [6.45, 7) is 2.11. The SMILES string of the molecule is Cc1ccc(-n2c(/C=C/c3ccccc3)nc(-c3ccccc3)c2-c2ccccc2)cc1. The minimum Gasteiger partial charge on any atom is -0.292 e. The summed E-state index contributed by atoms with van der Waals surface area (Å²) >= 11 is 0. The predicted molar refractivity (Wildman–Crippen MR) is 135 cm³/mol. The second-order valence-electron chi connectivity index (χ2n) is 7.81. The van der Waals surface area contributed by atoms with Gasteiger partial charge < -0.3 is 0 Å². The first-order valence-corrected chi connectivity index (χ1v) is 10.8. The number of imidazole rings is 1. The molecule has 0 amide bonds. The van der Waals surface area contributed by atoms with E-state index in [1.54, 1.807) is 0 Å². The molecule has 0 fully saturated rings. The van der Waals surface area contributed by atoms with Gasteiger partial charge >= 0.3 is 0 Å². The summed E-state index contributed by atoms with van der Waals surface area (Å²) in [5, 5.41) is 0. The molecule has 0 aliphatic heterocycles. The van der Waals surface area contributed by atoms with E-state index in [4.69, 9.17) is 4.98 Å². The summed E-state index contributed by atoms with van der Waals surface area (Å²) in [5.74, 6) is 0.899. The highest BCUT2D eigenvalue weighted by Gasteiger charge is 2.20. The Morgan fingerprint density at radius 1 is 0.594 bits per heavy atom. The van der Waals surface area contributed by atoms with Crippen LogP contribution in [0.5, 0.6) is 0 Å². The van der Waals surface area contributed by atoms with Crippen LogP contribution in [0.25, 0.3) is 40.4 Å². The zero-order chi connectivity index (χ0) is 21.8. The Hall–Kier alpha value is -4.17. The molecule has 5 rings (SSSR count). The van der Waals surface area contributed by atoms with Gasteiger partial charge in [0.25, 0.3) is 0 Å². The molecule has 0 saturated heterocycles. The molecule has 0 radical (unpaired) electrons. The van der Waals surface area contributed by atoms with Crippen molar-refractivity contribution in [3.8, 4) is 28.2 Å². The molecule has 0 N–H and O–H groups in total. The van der Waals surface area contributed by atoms with Crippen LogP contribution in [0, 0.1) is 6.92 Å². The Morgan fingerprint density at radius 2 is 1.16 bits per heavy atom. The summed E-state index contributed by atoms with van der Waals surface area (Å²) in [4.78, 5) is 5.15. The van der Waals surface area contributed by atoms with Gasteiger partial charge in [-0.3, -0.25) is 4.57 Å². The van der Waals surface area contributed by atoms with Crippen LogP contribution >= 0.6 is 0 Å². The van der Waals surface area contributed by atoms with E-state index in [0.29, 0.717) is 0 Å². The van der Waals surface area contributed by atoms with Gasteiger partial charge in [0.15, 0.2) is 0 Å². The van der Waals surface area contributed by atoms with Crippen LogP contribution in [0.2, 0.25) is 0 Å². The van der Waals surface area contributed by atoms with Gasteiger partial charge in [0.2, 0.25) is 0 Å². The van der Waals surface area contributed by atoms with Crippen LogP contribution in [0.3, 0.4) is 0 Å². The highest BCUT2D eigenvalue weighted by atomic mass is 15.1. The number of hydrogen-bond acceptors (Lipinski definition) is 1. The molecule has 0 aliphatic rings. The second-order valence-corrected chi connectivity index (χ2v) is 7.81. The first-order valence-electron chi connectivity index (χ1n) is 10.8. The predicted octanol–water partition coefficient (Wildman–Crippen LogP) is 7.69. The Bertz CT molecular complexity index is 1330. The van der Waals surface area contributed by atoms with Crippen LogP contribution in [-0.4, -0.2) is 9.55 Å². The van der Waals surface area contributed by atoms with Gasteiger partial charge in [-0.25, -0.2) is 4.98 Å². The number of aromatic nitrogens is 2. The third kappa shape index (κ3) is 4.03. The molecule has 4 aromatic carbocycles. The minimum atomic E-state index is 0.899. The summed E-state index contributed by atoms with van der Waals surface area (Å²) in [6, 6.07) is 39.9. The number of rotatable bonds is 5. The van der Waals surface area contributed by atoms with Gasteiger partial charge in [0, 0.05) is 16.8 Å². The molecule has 0 atom stereocenters. The van der Waals surface area contributed by atoms with Crippen LogP contribution in [-0.2, 0) is 0 Å². The minimum absolute atomic E-state index is 0.899. The van der Waals surface area contributed by atoms with E-state index in [1.807, 2.05) is 12.1 Å². The van der Waals surface area contributed by atoms with E-state index in [-0.39, 0.29) is 0 Å². The lowest BCUT2D eigenvalue weighted by Gasteiger charge is -2.13. The lowest BCUT2D eigenvalue weighted by atomic mass is 10.0. The first kappa shape index (κ1) is 19.8. The topological polar surface area (TPSA) is 17.8 Å². The van der Waals surface area contributed by atoms with Gasteiger partial charge in [0.05, 0.1) is 11.4 Å². The lowest BCUT2D eigenvalue weighted by molar-refractivity contribution is 1.04. The summed E-state index contributed by atoms with van der Waals surface area (Å²) in [6.07, 6.45) is 4.23. The van der Waals surface area contributed by atoms with Crippen molar-refractivity contribution in [1.82, 2.24) is 9.55 Å². The van der Waals surface area contributed by atoms with Crippen LogP contribution in [0.15, 0.2) is 115 Å². The summed E-state index contributed by atoms with van der Waals surface area (Å²) < 4.78 is 2.26. The van der Waals surface area contributed by atoms with Crippen molar-refractivity contribution in [3.63, 3.8) is 0 Å². The molecule has 2 heteroatoms. The molecule has 0 unspecified atom stereocenters. The average molecular weight is 413 g/mol. The normalized spacial score (nSPS) is 11.2. The second kappa shape index (κ2) is 8.91. The van der Waals surface area contributed by atoms with Crippen LogP contribution in [0.4, 0.5) is 0 Å². The zero-order valence-corrected chi connectivity index (χ0v) is 18.0. The summed E-state index contributed by atoms with van der Waals surface area (Å²) in [7, 11) is 0. The Balaban J connectivity index is 1.78. The molecule has 32 heavy (non-hydrogen) atoms. The van der Waals surface area contributed by atoms with Crippen molar-refractivity contribution in [1.29, 1.82) is 0 Å². The number of hydrogen-bond donors (Lipinski definition) is 0. The van der Waals surface area contributed by atoms with Crippen molar-refractivity contribution in [2.45, 2.75) is 6.92 Å². The molecule has 1 aromatic heterocycles. The van der Waals surface area contributed by atoms with Gasteiger partial charge in [-0.15, -0.1) is 0 Å². The highest BCUT2D eigenvalue weighted by Crippen LogP contribution is 2.35. The molecule has 0 aliphatic carbocycles.